The first-order valence-corrected chi connectivity index (χ1v) is 5.54. The summed E-state index contributed by atoms with van der Waals surface area (Å²) in [6.45, 7) is 4.34. The summed E-state index contributed by atoms with van der Waals surface area (Å²) < 4.78 is 0. The Morgan fingerprint density at radius 2 is 2.00 bits per heavy atom. The van der Waals surface area contributed by atoms with Crippen LogP contribution in [0.15, 0.2) is 12.4 Å². The highest BCUT2D eigenvalue weighted by Crippen LogP contribution is 2.28. The summed E-state index contributed by atoms with van der Waals surface area (Å²) in [4.78, 5) is 10.6. The Bertz CT molecular complexity index is 409. The number of nitriles is 1. The molecule has 0 radical (unpaired) electrons. The van der Waals surface area contributed by atoms with Gasteiger partial charge in [-0.05, 0) is 11.8 Å². The monoisotopic (exact) mass is 215 g/mol. The predicted octanol–water partition coefficient (Wildman–Crippen LogP) is 0.00388. The van der Waals surface area contributed by atoms with E-state index in [4.69, 9.17) is 5.26 Å². The first-order chi connectivity index (χ1) is 7.86. The van der Waals surface area contributed by atoms with Crippen LogP contribution in [0.3, 0.4) is 0 Å². The summed E-state index contributed by atoms with van der Waals surface area (Å²) in [5.41, 5.74) is 0.379. The Balaban J connectivity index is 1.76. The van der Waals surface area contributed by atoms with Gasteiger partial charge in [0.15, 0.2) is 5.69 Å². The Morgan fingerprint density at radius 3 is 2.56 bits per heavy atom. The largest absolute Gasteiger partial charge is 0.355 e. The fourth-order valence-corrected chi connectivity index (χ4v) is 2.58. The second-order valence-corrected chi connectivity index (χ2v) is 4.46. The molecule has 2 fully saturated rings. The van der Waals surface area contributed by atoms with Gasteiger partial charge in [0.1, 0.15) is 11.9 Å². The van der Waals surface area contributed by atoms with E-state index < -0.39 is 0 Å². The van der Waals surface area contributed by atoms with E-state index in [9.17, 15) is 0 Å². The zero-order valence-electron chi connectivity index (χ0n) is 8.93. The number of rotatable bonds is 1. The average Bonchev–Trinajstić information content (AvgIpc) is 2.89. The number of anilines is 1. The van der Waals surface area contributed by atoms with Crippen LogP contribution >= 0.6 is 0 Å². The van der Waals surface area contributed by atoms with E-state index >= 15 is 0 Å². The van der Waals surface area contributed by atoms with E-state index in [-0.39, 0.29) is 0 Å². The third kappa shape index (κ3) is 1.51. The molecule has 0 saturated carbocycles. The minimum absolute atomic E-state index is 0.379. The third-order valence-electron chi connectivity index (χ3n) is 3.47. The molecule has 2 atom stereocenters. The van der Waals surface area contributed by atoms with E-state index in [1.54, 1.807) is 12.4 Å². The highest BCUT2D eigenvalue weighted by Gasteiger charge is 2.36. The van der Waals surface area contributed by atoms with Gasteiger partial charge in [0, 0.05) is 26.2 Å². The van der Waals surface area contributed by atoms with Gasteiger partial charge in [-0.1, -0.05) is 0 Å². The lowest BCUT2D eigenvalue weighted by molar-refractivity contribution is 0.533. The van der Waals surface area contributed by atoms with Crippen LogP contribution in [-0.4, -0.2) is 36.1 Å². The molecule has 0 bridgehead atoms. The van der Waals surface area contributed by atoms with Gasteiger partial charge in [-0.3, -0.25) is 0 Å². The van der Waals surface area contributed by atoms with Crippen molar-refractivity contribution in [1.29, 1.82) is 5.26 Å². The zero-order chi connectivity index (χ0) is 11.0. The van der Waals surface area contributed by atoms with Crippen molar-refractivity contribution < 1.29 is 0 Å². The molecule has 2 aliphatic heterocycles. The molecule has 2 saturated heterocycles. The van der Waals surface area contributed by atoms with Gasteiger partial charge < -0.3 is 10.2 Å². The number of nitrogens with one attached hydrogen (secondary N) is 1. The molecule has 1 aromatic heterocycles. The molecular weight excluding hydrogens is 202 g/mol. The standard InChI is InChI=1S/C11H13N5/c12-1-10-4-15-11(5-14-10)16-6-8-2-13-3-9(8)7-16/h4-5,8-9,13H,2-3,6-7H2/t8-,9+. The first-order valence-electron chi connectivity index (χ1n) is 5.54. The molecule has 0 amide bonds. The zero-order valence-corrected chi connectivity index (χ0v) is 8.93. The molecule has 2 aliphatic rings. The molecule has 1 N–H and O–H groups in total. The molecule has 1 aromatic rings. The van der Waals surface area contributed by atoms with Crippen molar-refractivity contribution >= 4 is 5.82 Å². The minimum Gasteiger partial charge on any atom is -0.355 e. The molecule has 3 rings (SSSR count). The topological polar surface area (TPSA) is 64.8 Å². The molecule has 5 nitrogen and oxygen atoms in total. The summed E-state index contributed by atoms with van der Waals surface area (Å²) in [6, 6.07) is 1.98. The van der Waals surface area contributed by atoms with Crippen LogP contribution in [0.5, 0.6) is 0 Å². The summed E-state index contributed by atoms with van der Waals surface area (Å²) in [5, 5.41) is 12.1. The molecule has 82 valence electrons. The molecular formula is C11H13N5. The van der Waals surface area contributed by atoms with Crippen LogP contribution in [0.2, 0.25) is 0 Å². The number of nitrogens with zero attached hydrogens (tertiary/aromatic N) is 4. The molecule has 16 heavy (non-hydrogen) atoms. The Kier molecular flexibility index (Phi) is 2.22. The maximum absolute atomic E-state index is 8.65. The van der Waals surface area contributed by atoms with Gasteiger partial charge in [-0.25, -0.2) is 9.97 Å². The van der Waals surface area contributed by atoms with Crippen molar-refractivity contribution in [2.75, 3.05) is 31.1 Å². The van der Waals surface area contributed by atoms with Crippen molar-refractivity contribution in [1.82, 2.24) is 15.3 Å². The highest BCUT2D eigenvalue weighted by molar-refractivity contribution is 5.39. The van der Waals surface area contributed by atoms with E-state index in [0.29, 0.717) is 5.69 Å². The van der Waals surface area contributed by atoms with E-state index in [1.807, 2.05) is 6.07 Å². The molecule has 0 aromatic carbocycles. The normalized spacial score (nSPS) is 27.8. The molecule has 0 aliphatic carbocycles. The third-order valence-corrected chi connectivity index (χ3v) is 3.47. The summed E-state index contributed by atoms with van der Waals surface area (Å²) in [5.74, 6) is 2.39. The van der Waals surface area contributed by atoms with Gasteiger partial charge in [0.2, 0.25) is 0 Å². The van der Waals surface area contributed by atoms with Gasteiger partial charge >= 0.3 is 0 Å². The predicted molar refractivity (Wildman–Crippen MR) is 58.8 cm³/mol. The number of fused-ring (bicyclic) bond motifs is 1. The lowest BCUT2D eigenvalue weighted by Gasteiger charge is -2.17. The lowest BCUT2D eigenvalue weighted by atomic mass is 10.0. The van der Waals surface area contributed by atoms with Gasteiger partial charge in [0.05, 0.1) is 12.4 Å². The highest BCUT2D eigenvalue weighted by atomic mass is 15.2. The first kappa shape index (κ1) is 9.55. The average molecular weight is 215 g/mol. The van der Waals surface area contributed by atoms with E-state index in [2.05, 4.69) is 20.2 Å². The summed E-state index contributed by atoms with van der Waals surface area (Å²) >= 11 is 0. The van der Waals surface area contributed by atoms with Crippen LogP contribution in [0.1, 0.15) is 5.69 Å². The van der Waals surface area contributed by atoms with E-state index in [1.165, 1.54) is 0 Å². The fourth-order valence-electron chi connectivity index (χ4n) is 2.58. The Labute approximate surface area is 94.1 Å². The lowest BCUT2D eigenvalue weighted by Crippen LogP contribution is -2.26. The second kappa shape index (κ2) is 3.72. The van der Waals surface area contributed by atoms with Crippen molar-refractivity contribution in [3.8, 4) is 6.07 Å². The van der Waals surface area contributed by atoms with Crippen LogP contribution in [0.25, 0.3) is 0 Å². The maximum atomic E-state index is 8.65. The van der Waals surface area contributed by atoms with Gasteiger partial charge in [-0.2, -0.15) is 5.26 Å². The molecule has 0 unspecified atom stereocenters. The van der Waals surface area contributed by atoms with Crippen molar-refractivity contribution in [3.05, 3.63) is 18.1 Å². The minimum atomic E-state index is 0.379. The number of hydrogen-bond donors (Lipinski definition) is 1. The SMILES string of the molecule is N#Cc1cnc(N2C[C@H]3CNC[C@H]3C2)cn1. The fraction of sp³-hybridized carbons (Fsp3) is 0.545. The quantitative estimate of drug-likeness (QED) is 0.714. The Hall–Kier alpha value is -1.67. The summed E-state index contributed by atoms with van der Waals surface area (Å²) in [7, 11) is 0. The van der Waals surface area contributed by atoms with Crippen LogP contribution in [-0.2, 0) is 0 Å². The van der Waals surface area contributed by atoms with Gasteiger partial charge in [0.25, 0.3) is 0 Å². The smallest absolute Gasteiger partial charge is 0.158 e. The molecule has 0 spiro atoms. The van der Waals surface area contributed by atoms with Crippen molar-refractivity contribution in [3.63, 3.8) is 0 Å². The number of hydrogen-bond acceptors (Lipinski definition) is 5. The second-order valence-electron chi connectivity index (χ2n) is 4.46. The molecule has 5 heteroatoms. The van der Waals surface area contributed by atoms with Crippen LogP contribution in [0.4, 0.5) is 5.82 Å². The van der Waals surface area contributed by atoms with E-state index in [0.717, 1.165) is 43.8 Å². The van der Waals surface area contributed by atoms with Crippen LogP contribution in [0, 0.1) is 23.2 Å². The Morgan fingerprint density at radius 1 is 1.25 bits per heavy atom. The van der Waals surface area contributed by atoms with Crippen molar-refractivity contribution in [2.24, 2.45) is 11.8 Å². The van der Waals surface area contributed by atoms with Crippen molar-refractivity contribution in [2.45, 2.75) is 0 Å². The number of aromatic nitrogens is 2. The summed E-state index contributed by atoms with van der Waals surface area (Å²) in [6.07, 6.45) is 3.24. The maximum Gasteiger partial charge on any atom is 0.158 e. The molecule has 3 heterocycles. The van der Waals surface area contributed by atoms with Crippen LogP contribution < -0.4 is 10.2 Å². The van der Waals surface area contributed by atoms with Gasteiger partial charge in [-0.15, -0.1) is 0 Å².